The van der Waals surface area contributed by atoms with E-state index in [1.54, 1.807) is 18.4 Å². The molecule has 0 spiro atoms. The Morgan fingerprint density at radius 1 is 1.38 bits per heavy atom. The van der Waals surface area contributed by atoms with E-state index in [4.69, 9.17) is 9.47 Å². The van der Waals surface area contributed by atoms with E-state index in [-0.39, 0.29) is 24.0 Å². The van der Waals surface area contributed by atoms with Crippen molar-refractivity contribution in [2.24, 2.45) is 4.99 Å². The van der Waals surface area contributed by atoms with Crippen LogP contribution >= 0.6 is 35.3 Å². The summed E-state index contributed by atoms with van der Waals surface area (Å²) >= 11 is 1.75. The van der Waals surface area contributed by atoms with Crippen LogP contribution < -0.4 is 10.6 Å². The number of aliphatic imine (C=N–C) groups is 1. The standard InChI is InChI=1S/C16H28N4O2S.HI/c1-13-12-20-15(23-13)4-8-19-16(17-2)18-7-3-9-22-14-5-10-21-11-6-14;/h12,14H,3-11H2,1-2H3,(H2,17,18,19);1H. The number of ether oxygens (including phenoxy) is 2. The topological polar surface area (TPSA) is 67.8 Å². The van der Waals surface area contributed by atoms with Gasteiger partial charge in [-0.25, -0.2) is 4.98 Å². The van der Waals surface area contributed by atoms with Crippen LogP contribution in [0.25, 0.3) is 0 Å². The Kier molecular flexibility index (Phi) is 11.6. The van der Waals surface area contributed by atoms with Crippen molar-refractivity contribution in [1.29, 1.82) is 0 Å². The zero-order valence-electron chi connectivity index (χ0n) is 14.5. The second-order valence-electron chi connectivity index (χ2n) is 5.58. The lowest BCUT2D eigenvalue weighted by atomic mass is 10.1. The van der Waals surface area contributed by atoms with E-state index in [1.807, 2.05) is 6.20 Å². The highest BCUT2D eigenvalue weighted by Crippen LogP contribution is 2.11. The molecule has 2 heterocycles. The number of thiazole rings is 1. The van der Waals surface area contributed by atoms with E-state index >= 15 is 0 Å². The van der Waals surface area contributed by atoms with Gasteiger partial charge in [-0.15, -0.1) is 35.3 Å². The van der Waals surface area contributed by atoms with Crippen LogP contribution in [0, 0.1) is 6.92 Å². The maximum absolute atomic E-state index is 5.85. The number of nitrogens with zero attached hydrogens (tertiary/aromatic N) is 2. The zero-order chi connectivity index (χ0) is 16.3. The SMILES string of the molecule is CN=C(NCCCOC1CCOCC1)NCCc1ncc(C)s1.I. The molecule has 0 bridgehead atoms. The largest absolute Gasteiger partial charge is 0.381 e. The van der Waals surface area contributed by atoms with Gasteiger partial charge in [0, 0.05) is 57.5 Å². The highest BCUT2D eigenvalue weighted by molar-refractivity contribution is 14.0. The monoisotopic (exact) mass is 468 g/mol. The molecule has 1 aliphatic rings. The van der Waals surface area contributed by atoms with Crippen LogP contribution in [0.1, 0.15) is 29.1 Å². The first kappa shape index (κ1) is 21.6. The minimum Gasteiger partial charge on any atom is -0.381 e. The molecule has 24 heavy (non-hydrogen) atoms. The van der Waals surface area contributed by atoms with Crippen molar-refractivity contribution in [1.82, 2.24) is 15.6 Å². The molecule has 1 saturated heterocycles. The molecule has 2 N–H and O–H groups in total. The quantitative estimate of drug-likeness (QED) is 0.266. The maximum Gasteiger partial charge on any atom is 0.190 e. The van der Waals surface area contributed by atoms with E-state index in [1.165, 1.54) is 4.88 Å². The molecular formula is C16H29IN4O2S. The molecule has 0 atom stereocenters. The van der Waals surface area contributed by atoms with E-state index in [9.17, 15) is 0 Å². The number of guanidine groups is 1. The lowest BCUT2D eigenvalue weighted by molar-refractivity contribution is -0.0320. The Morgan fingerprint density at radius 3 is 2.79 bits per heavy atom. The van der Waals surface area contributed by atoms with Crippen LogP contribution in [-0.4, -0.2) is 57.0 Å². The van der Waals surface area contributed by atoms with Crippen LogP contribution in [0.3, 0.4) is 0 Å². The number of nitrogens with one attached hydrogen (secondary N) is 2. The van der Waals surface area contributed by atoms with Gasteiger partial charge in [0.2, 0.25) is 0 Å². The molecule has 0 amide bonds. The third-order valence-electron chi connectivity index (χ3n) is 3.66. The van der Waals surface area contributed by atoms with Gasteiger partial charge in [-0.2, -0.15) is 0 Å². The second kappa shape index (κ2) is 12.8. The molecule has 2 rings (SSSR count). The average Bonchev–Trinajstić information content (AvgIpc) is 2.99. The minimum absolute atomic E-state index is 0. The van der Waals surface area contributed by atoms with Gasteiger partial charge in [0.25, 0.3) is 0 Å². The summed E-state index contributed by atoms with van der Waals surface area (Å²) < 4.78 is 11.2. The van der Waals surface area contributed by atoms with Gasteiger partial charge in [0.05, 0.1) is 11.1 Å². The normalized spacial score (nSPS) is 15.8. The maximum atomic E-state index is 5.85. The van der Waals surface area contributed by atoms with Crippen molar-refractivity contribution in [3.63, 3.8) is 0 Å². The molecule has 1 fully saturated rings. The Balaban J connectivity index is 0.00000288. The van der Waals surface area contributed by atoms with Crippen LogP contribution in [0.2, 0.25) is 0 Å². The molecule has 8 heteroatoms. The summed E-state index contributed by atoms with van der Waals surface area (Å²) in [6, 6.07) is 0. The number of hydrogen-bond acceptors (Lipinski definition) is 5. The summed E-state index contributed by atoms with van der Waals surface area (Å²) in [6.07, 6.45) is 6.24. The summed E-state index contributed by atoms with van der Waals surface area (Å²) in [6.45, 7) is 6.23. The molecule has 1 aromatic heterocycles. The third-order valence-corrected chi connectivity index (χ3v) is 4.63. The highest BCUT2D eigenvalue weighted by atomic mass is 127. The summed E-state index contributed by atoms with van der Waals surface area (Å²) in [5.74, 6) is 0.837. The first-order valence-electron chi connectivity index (χ1n) is 8.33. The predicted octanol–water partition coefficient (Wildman–Crippen LogP) is 2.36. The fraction of sp³-hybridized carbons (Fsp3) is 0.750. The molecule has 0 unspecified atom stereocenters. The first-order valence-corrected chi connectivity index (χ1v) is 9.14. The van der Waals surface area contributed by atoms with Gasteiger partial charge in [-0.05, 0) is 26.2 Å². The summed E-state index contributed by atoms with van der Waals surface area (Å²) in [5.41, 5.74) is 0. The molecule has 1 aliphatic heterocycles. The molecule has 0 radical (unpaired) electrons. The Morgan fingerprint density at radius 2 is 2.12 bits per heavy atom. The minimum atomic E-state index is 0. The van der Waals surface area contributed by atoms with Gasteiger partial charge in [0.1, 0.15) is 0 Å². The molecule has 6 nitrogen and oxygen atoms in total. The number of halogens is 1. The molecule has 1 aromatic rings. The van der Waals surface area contributed by atoms with E-state index in [2.05, 4.69) is 27.5 Å². The van der Waals surface area contributed by atoms with Crippen LogP contribution in [0.4, 0.5) is 0 Å². The van der Waals surface area contributed by atoms with E-state index in [0.717, 1.165) is 69.6 Å². The van der Waals surface area contributed by atoms with E-state index in [0.29, 0.717) is 6.10 Å². The number of aryl methyl sites for hydroxylation is 1. The van der Waals surface area contributed by atoms with Crippen molar-refractivity contribution in [3.8, 4) is 0 Å². The van der Waals surface area contributed by atoms with Gasteiger partial charge >= 0.3 is 0 Å². The lowest BCUT2D eigenvalue weighted by Crippen LogP contribution is -2.39. The van der Waals surface area contributed by atoms with Crippen LogP contribution in [-0.2, 0) is 15.9 Å². The van der Waals surface area contributed by atoms with Crippen molar-refractivity contribution in [3.05, 3.63) is 16.1 Å². The molecule has 0 aromatic carbocycles. The molecule has 0 aliphatic carbocycles. The van der Waals surface area contributed by atoms with Crippen molar-refractivity contribution in [2.45, 2.75) is 38.7 Å². The number of hydrogen-bond donors (Lipinski definition) is 2. The van der Waals surface area contributed by atoms with Crippen molar-refractivity contribution >= 4 is 41.3 Å². The Labute approximate surface area is 165 Å². The number of rotatable bonds is 8. The fourth-order valence-electron chi connectivity index (χ4n) is 2.40. The summed E-state index contributed by atoms with van der Waals surface area (Å²) in [4.78, 5) is 9.85. The third kappa shape index (κ3) is 8.59. The summed E-state index contributed by atoms with van der Waals surface area (Å²) in [7, 11) is 1.79. The van der Waals surface area contributed by atoms with Crippen LogP contribution in [0.15, 0.2) is 11.2 Å². The molecular weight excluding hydrogens is 439 g/mol. The number of aromatic nitrogens is 1. The van der Waals surface area contributed by atoms with Crippen LogP contribution in [0.5, 0.6) is 0 Å². The lowest BCUT2D eigenvalue weighted by Gasteiger charge is -2.22. The first-order chi connectivity index (χ1) is 11.3. The second-order valence-corrected chi connectivity index (χ2v) is 6.90. The van der Waals surface area contributed by atoms with Crippen molar-refractivity contribution in [2.75, 3.05) is 40.0 Å². The van der Waals surface area contributed by atoms with Gasteiger partial charge in [-0.1, -0.05) is 0 Å². The Hall–Kier alpha value is -0.450. The van der Waals surface area contributed by atoms with E-state index < -0.39 is 0 Å². The van der Waals surface area contributed by atoms with Gasteiger partial charge in [0.15, 0.2) is 5.96 Å². The zero-order valence-corrected chi connectivity index (χ0v) is 17.7. The predicted molar refractivity (Wildman–Crippen MR) is 110 cm³/mol. The Bertz CT molecular complexity index is 478. The molecule has 138 valence electrons. The fourth-order valence-corrected chi connectivity index (χ4v) is 3.18. The smallest absolute Gasteiger partial charge is 0.190 e. The van der Waals surface area contributed by atoms with Crippen molar-refractivity contribution < 1.29 is 9.47 Å². The van der Waals surface area contributed by atoms with Gasteiger partial charge < -0.3 is 20.1 Å². The molecule has 0 saturated carbocycles. The highest BCUT2D eigenvalue weighted by Gasteiger charge is 2.13. The summed E-state index contributed by atoms with van der Waals surface area (Å²) in [5, 5.41) is 7.79. The van der Waals surface area contributed by atoms with Gasteiger partial charge in [-0.3, -0.25) is 4.99 Å². The average molecular weight is 468 g/mol.